The van der Waals surface area contributed by atoms with Gasteiger partial charge in [0.15, 0.2) is 0 Å². The van der Waals surface area contributed by atoms with Crippen molar-refractivity contribution < 1.29 is 9.47 Å². The van der Waals surface area contributed by atoms with Gasteiger partial charge in [0.2, 0.25) is 5.88 Å². The zero-order chi connectivity index (χ0) is 15.9. The molecule has 0 bridgehead atoms. The smallest absolute Gasteiger partial charge is 0.219 e. The minimum atomic E-state index is 0.561. The zero-order valence-corrected chi connectivity index (χ0v) is 13.4. The first-order valence-electron chi connectivity index (χ1n) is 7.95. The predicted octanol–water partition coefficient (Wildman–Crippen LogP) is 3.79. The lowest BCUT2D eigenvalue weighted by Gasteiger charge is -2.15. The van der Waals surface area contributed by atoms with Crippen molar-refractivity contribution in [1.82, 2.24) is 10.3 Å². The molecule has 1 fully saturated rings. The van der Waals surface area contributed by atoms with Gasteiger partial charge in [-0.15, -0.1) is 0 Å². The normalized spacial score (nSPS) is 14.6. The van der Waals surface area contributed by atoms with Gasteiger partial charge in [-0.2, -0.15) is 0 Å². The number of nitrogens with one attached hydrogen (secondary N) is 1. The van der Waals surface area contributed by atoms with E-state index in [0.29, 0.717) is 12.5 Å². The molecule has 0 saturated carbocycles. The van der Waals surface area contributed by atoms with Gasteiger partial charge in [0.05, 0.1) is 6.61 Å². The Morgan fingerprint density at radius 3 is 2.78 bits per heavy atom. The summed E-state index contributed by atoms with van der Waals surface area (Å²) in [6.45, 7) is 2.70. The second-order valence-corrected chi connectivity index (χ2v) is 5.66. The van der Waals surface area contributed by atoms with Crippen LogP contribution in [0.1, 0.15) is 24.0 Å². The molecule has 1 aliphatic rings. The zero-order valence-electron chi connectivity index (χ0n) is 13.4. The number of aromatic nitrogens is 1. The van der Waals surface area contributed by atoms with E-state index in [0.717, 1.165) is 37.2 Å². The molecule has 0 amide bonds. The third kappa shape index (κ3) is 4.65. The van der Waals surface area contributed by atoms with Crippen molar-refractivity contribution in [2.24, 2.45) is 0 Å². The third-order valence-corrected chi connectivity index (χ3v) is 3.81. The van der Waals surface area contributed by atoms with Crippen LogP contribution in [0, 0.1) is 0 Å². The third-order valence-electron chi connectivity index (χ3n) is 3.81. The Labute approximate surface area is 137 Å². The minimum Gasteiger partial charge on any atom is -0.439 e. The number of rotatable bonds is 5. The average molecular weight is 310 g/mol. The molecule has 0 unspecified atom stereocenters. The SMILES string of the molecule is COCc1ccc(Oc2cccc(C=C3CCNCC3)c2)nc1. The molecule has 1 saturated heterocycles. The molecular formula is C19H22N2O2. The van der Waals surface area contributed by atoms with Crippen molar-refractivity contribution in [1.29, 1.82) is 0 Å². The van der Waals surface area contributed by atoms with E-state index in [-0.39, 0.29) is 0 Å². The van der Waals surface area contributed by atoms with Crippen LogP contribution in [0.2, 0.25) is 0 Å². The Balaban J connectivity index is 1.69. The molecule has 0 radical (unpaired) electrons. The first-order chi connectivity index (χ1) is 11.3. The lowest BCUT2D eigenvalue weighted by atomic mass is 10.0. The number of methoxy groups -OCH3 is 1. The quantitative estimate of drug-likeness (QED) is 0.912. The van der Waals surface area contributed by atoms with Crippen LogP contribution in [0.4, 0.5) is 0 Å². The van der Waals surface area contributed by atoms with Crippen molar-refractivity contribution >= 4 is 6.08 Å². The highest BCUT2D eigenvalue weighted by molar-refractivity contribution is 5.55. The van der Waals surface area contributed by atoms with E-state index >= 15 is 0 Å². The molecule has 1 aromatic heterocycles. The van der Waals surface area contributed by atoms with Crippen LogP contribution in [0.25, 0.3) is 6.08 Å². The maximum Gasteiger partial charge on any atom is 0.219 e. The summed E-state index contributed by atoms with van der Waals surface area (Å²) in [7, 11) is 1.67. The van der Waals surface area contributed by atoms with Crippen molar-refractivity contribution in [3.05, 3.63) is 59.3 Å². The standard InChI is InChI=1S/C19H22N2O2/c1-22-14-17-5-6-19(21-13-17)23-18-4-2-3-16(12-18)11-15-7-9-20-10-8-15/h2-6,11-13,20H,7-10,14H2,1H3. The number of hydrogen-bond donors (Lipinski definition) is 1. The summed E-state index contributed by atoms with van der Waals surface area (Å²) in [6, 6.07) is 12.0. The molecule has 4 heteroatoms. The van der Waals surface area contributed by atoms with E-state index in [1.807, 2.05) is 24.3 Å². The molecule has 2 heterocycles. The van der Waals surface area contributed by atoms with Crippen molar-refractivity contribution in [3.8, 4) is 11.6 Å². The first kappa shape index (κ1) is 15.7. The van der Waals surface area contributed by atoms with Crippen LogP contribution < -0.4 is 10.1 Å². The summed E-state index contributed by atoms with van der Waals surface area (Å²) in [5.74, 6) is 1.40. The number of ether oxygens (including phenoxy) is 2. The number of pyridine rings is 1. The maximum atomic E-state index is 5.85. The fourth-order valence-corrected chi connectivity index (χ4v) is 2.64. The number of piperidine rings is 1. The van der Waals surface area contributed by atoms with Gasteiger partial charge in [0.1, 0.15) is 5.75 Å². The molecule has 1 aromatic carbocycles. The molecule has 3 rings (SSSR count). The second-order valence-electron chi connectivity index (χ2n) is 5.66. The van der Waals surface area contributed by atoms with Crippen LogP contribution in [0.3, 0.4) is 0 Å². The van der Waals surface area contributed by atoms with E-state index in [9.17, 15) is 0 Å². The molecule has 0 aliphatic carbocycles. The minimum absolute atomic E-state index is 0.561. The molecular weight excluding hydrogens is 288 g/mol. The van der Waals surface area contributed by atoms with Gasteiger partial charge in [-0.05, 0) is 55.3 Å². The van der Waals surface area contributed by atoms with E-state index in [4.69, 9.17) is 9.47 Å². The summed E-state index contributed by atoms with van der Waals surface area (Å²) < 4.78 is 10.9. The summed E-state index contributed by atoms with van der Waals surface area (Å²) >= 11 is 0. The van der Waals surface area contributed by atoms with Gasteiger partial charge in [0.25, 0.3) is 0 Å². The molecule has 1 N–H and O–H groups in total. The molecule has 1 aliphatic heterocycles. The van der Waals surface area contributed by atoms with Gasteiger partial charge in [-0.1, -0.05) is 23.8 Å². The van der Waals surface area contributed by atoms with Gasteiger partial charge in [-0.25, -0.2) is 4.98 Å². The second kappa shape index (κ2) is 7.90. The Morgan fingerprint density at radius 2 is 2.04 bits per heavy atom. The van der Waals surface area contributed by atoms with Crippen LogP contribution in [-0.4, -0.2) is 25.2 Å². The lowest BCUT2D eigenvalue weighted by molar-refractivity contribution is 0.184. The highest BCUT2D eigenvalue weighted by atomic mass is 16.5. The summed E-state index contributed by atoms with van der Waals surface area (Å²) in [5, 5.41) is 3.38. The average Bonchev–Trinajstić information content (AvgIpc) is 2.58. The van der Waals surface area contributed by atoms with Crippen molar-refractivity contribution in [3.63, 3.8) is 0 Å². The predicted molar refractivity (Wildman–Crippen MR) is 91.5 cm³/mol. The van der Waals surface area contributed by atoms with Crippen LogP contribution >= 0.6 is 0 Å². The summed E-state index contributed by atoms with van der Waals surface area (Å²) in [6.07, 6.45) is 6.28. The van der Waals surface area contributed by atoms with E-state index in [1.165, 1.54) is 11.1 Å². The van der Waals surface area contributed by atoms with E-state index in [2.05, 4.69) is 28.5 Å². The van der Waals surface area contributed by atoms with Crippen molar-refractivity contribution in [2.45, 2.75) is 19.4 Å². The highest BCUT2D eigenvalue weighted by Crippen LogP contribution is 2.23. The number of nitrogens with zero attached hydrogens (tertiary/aromatic N) is 1. The number of hydrogen-bond acceptors (Lipinski definition) is 4. The Hall–Kier alpha value is -2.17. The monoisotopic (exact) mass is 310 g/mol. The Bertz CT molecular complexity index is 657. The Morgan fingerprint density at radius 1 is 1.17 bits per heavy atom. The van der Waals surface area contributed by atoms with Gasteiger partial charge < -0.3 is 14.8 Å². The fourth-order valence-electron chi connectivity index (χ4n) is 2.64. The van der Waals surface area contributed by atoms with E-state index in [1.54, 1.807) is 13.3 Å². The van der Waals surface area contributed by atoms with E-state index < -0.39 is 0 Å². The largest absolute Gasteiger partial charge is 0.439 e. The number of benzene rings is 1. The van der Waals surface area contributed by atoms with Gasteiger partial charge in [-0.3, -0.25) is 0 Å². The molecule has 4 nitrogen and oxygen atoms in total. The first-order valence-corrected chi connectivity index (χ1v) is 7.95. The summed E-state index contributed by atoms with van der Waals surface area (Å²) in [5.41, 5.74) is 3.70. The molecule has 120 valence electrons. The van der Waals surface area contributed by atoms with Crippen LogP contribution in [-0.2, 0) is 11.3 Å². The molecule has 0 spiro atoms. The Kier molecular flexibility index (Phi) is 5.40. The molecule has 2 aromatic rings. The van der Waals surface area contributed by atoms with Gasteiger partial charge >= 0.3 is 0 Å². The lowest BCUT2D eigenvalue weighted by Crippen LogP contribution is -2.22. The van der Waals surface area contributed by atoms with Crippen LogP contribution in [0.15, 0.2) is 48.2 Å². The fraction of sp³-hybridized carbons (Fsp3) is 0.316. The van der Waals surface area contributed by atoms with Crippen LogP contribution in [0.5, 0.6) is 11.6 Å². The molecule has 23 heavy (non-hydrogen) atoms. The van der Waals surface area contributed by atoms with Crippen molar-refractivity contribution in [2.75, 3.05) is 20.2 Å². The topological polar surface area (TPSA) is 43.4 Å². The molecule has 0 atom stereocenters. The van der Waals surface area contributed by atoms with Gasteiger partial charge in [0, 0.05) is 19.4 Å². The summed E-state index contributed by atoms with van der Waals surface area (Å²) in [4.78, 5) is 4.31. The maximum absolute atomic E-state index is 5.85. The highest BCUT2D eigenvalue weighted by Gasteiger charge is 2.05.